The smallest absolute Gasteiger partial charge is 0.319 e. The van der Waals surface area contributed by atoms with Gasteiger partial charge in [0.2, 0.25) is 0 Å². The molecule has 1 aliphatic heterocycles. The van der Waals surface area contributed by atoms with Crippen molar-refractivity contribution in [2.45, 2.75) is 25.5 Å². The number of urea groups is 1. The minimum atomic E-state index is -0.734. The first-order chi connectivity index (χ1) is 11.1. The summed E-state index contributed by atoms with van der Waals surface area (Å²) in [6.07, 6.45) is 1.54. The Hall–Kier alpha value is -2.55. The summed E-state index contributed by atoms with van der Waals surface area (Å²) in [5.41, 5.74) is -0.254. The second-order valence-electron chi connectivity index (χ2n) is 4.98. The molecule has 2 N–H and O–H groups in total. The molecular weight excluding hydrogens is 310 g/mol. The fraction of sp³-hybridized carbons (Fsp3) is 0.357. The maximum Gasteiger partial charge on any atom is 0.319 e. The van der Waals surface area contributed by atoms with Gasteiger partial charge in [-0.3, -0.25) is 0 Å². The summed E-state index contributed by atoms with van der Waals surface area (Å²) in [6, 6.07) is 2.07. The summed E-state index contributed by atoms with van der Waals surface area (Å²) in [5.74, 6) is -0.746. The summed E-state index contributed by atoms with van der Waals surface area (Å²) < 4.78 is 36.9. The standard InChI is InChI=1S/C14H14F2N4O3/c15-8-3-4-9(16)10(6-8)18-14(21)17-7-12-19-13(23-20-12)11-2-1-5-22-11/h3-4,6,11H,1-2,5,7H2,(H2,17,18,21)/t11-/m0/s1. The fourth-order valence-corrected chi connectivity index (χ4v) is 2.16. The molecule has 1 aromatic heterocycles. The molecule has 1 saturated heterocycles. The first-order valence-electron chi connectivity index (χ1n) is 7.06. The van der Waals surface area contributed by atoms with Crippen LogP contribution in [0.25, 0.3) is 0 Å². The Bertz CT molecular complexity index is 701. The summed E-state index contributed by atoms with van der Waals surface area (Å²) in [7, 11) is 0. The molecule has 2 aromatic rings. The Morgan fingerprint density at radius 3 is 3.04 bits per heavy atom. The molecule has 3 rings (SSSR count). The van der Waals surface area contributed by atoms with Gasteiger partial charge in [-0.1, -0.05) is 5.16 Å². The average molecular weight is 324 g/mol. The number of ether oxygens (including phenoxy) is 1. The van der Waals surface area contributed by atoms with Crippen LogP contribution in [0, 0.1) is 11.6 Å². The summed E-state index contributed by atoms with van der Waals surface area (Å²) in [5, 5.41) is 8.37. The highest BCUT2D eigenvalue weighted by Gasteiger charge is 2.23. The Labute approximate surface area is 130 Å². The van der Waals surface area contributed by atoms with Crippen molar-refractivity contribution in [3.8, 4) is 0 Å². The number of anilines is 1. The zero-order chi connectivity index (χ0) is 16.2. The summed E-state index contributed by atoms with van der Waals surface area (Å²) in [4.78, 5) is 15.8. The van der Waals surface area contributed by atoms with E-state index in [2.05, 4.69) is 20.8 Å². The topological polar surface area (TPSA) is 89.3 Å². The molecule has 1 aromatic carbocycles. The lowest BCUT2D eigenvalue weighted by Crippen LogP contribution is -2.29. The van der Waals surface area contributed by atoms with Crippen molar-refractivity contribution >= 4 is 11.7 Å². The van der Waals surface area contributed by atoms with Gasteiger partial charge >= 0.3 is 6.03 Å². The zero-order valence-electron chi connectivity index (χ0n) is 12.0. The van der Waals surface area contributed by atoms with Crippen molar-refractivity contribution in [2.24, 2.45) is 0 Å². The number of amides is 2. The van der Waals surface area contributed by atoms with Gasteiger partial charge in [-0.2, -0.15) is 4.98 Å². The highest BCUT2D eigenvalue weighted by molar-refractivity contribution is 5.89. The number of carbonyl (C=O) groups excluding carboxylic acids is 1. The summed E-state index contributed by atoms with van der Waals surface area (Å²) in [6.45, 7) is 0.640. The molecule has 0 saturated carbocycles. The normalized spacial score (nSPS) is 17.2. The molecule has 9 heteroatoms. The molecule has 2 amide bonds. The third-order valence-electron chi connectivity index (χ3n) is 3.27. The number of benzene rings is 1. The van der Waals surface area contributed by atoms with Crippen LogP contribution in [-0.4, -0.2) is 22.8 Å². The first-order valence-corrected chi connectivity index (χ1v) is 7.06. The molecule has 0 spiro atoms. The van der Waals surface area contributed by atoms with E-state index >= 15 is 0 Å². The second kappa shape index (κ2) is 6.69. The number of nitrogens with one attached hydrogen (secondary N) is 2. The molecule has 0 bridgehead atoms. The largest absolute Gasteiger partial charge is 0.368 e. The minimum Gasteiger partial charge on any atom is -0.368 e. The predicted octanol–water partition coefficient (Wildman–Crippen LogP) is 2.52. The van der Waals surface area contributed by atoms with E-state index in [0.717, 1.165) is 31.0 Å². The van der Waals surface area contributed by atoms with E-state index in [9.17, 15) is 13.6 Å². The molecule has 23 heavy (non-hydrogen) atoms. The third kappa shape index (κ3) is 3.81. The number of nitrogens with zero attached hydrogens (tertiary/aromatic N) is 2. The molecule has 1 atom stereocenters. The lowest BCUT2D eigenvalue weighted by molar-refractivity contribution is 0.0835. The molecule has 7 nitrogen and oxygen atoms in total. The number of aromatic nitrogens is 2. The first kappa shape index (κ1) is 15.3. The molecular formula is C14H14F2N4O3. The van der Waals surface area contributed by atoms with Gasteiger partial charge in [0.05, 0.1) is 12.2 Å². The van der Waals surface area contributed by atoms with Crippen molar-refractivity contribution in [1.29, 1.82) is 0 Å². The van der Waals surface area contributed by atoms with Crippen molar-refractivity contribution < 1.29 is 22.8 Å². The fourth-order valence-electron chi connectivity index (χ4n) is 2.16. The van der Waals surface area contributed by atoms with E-state index in [4.69, 9.17) is 9.26 Å². The third-order valence-corrected chi connectivity index (χ3v) is 3.27. The predicted molar refractivity (Wildman–Crippen MR) is 74.4 cm³/mol. The van der Waals surface area contributed by atoms with Gasteiger partial charge in [0.25, 0.3) is 5.89 Å². The maximum atomic E-state index is 13.4. The molecule has 0 unspecified atom stereocenters. The quantitative estimate of drug-likeness (QED) is 0.902. The van der Waals surface area contributed by atoms with Gasteiger partial charge in [0, 0.05) is 12.7 Å². The monoisotopic (exact) mass is 324 g/mol. The van der Waals surface area contributed by atoms with Crippen LogP contribution in [0.3, 0.4) is 0 Å². The lowest BCUT2D eigenvalue weighted by atomic mass is 10.2. The van der Waals surface area contributed by atoms with Crippen molar-refractivity contribution in [2.75, 3.05) is 11.9 Å². The highest BCUT2D eigenvalue weighted by Crippen LogP contribution is 2.26. The number of carbonyl (C=O) groups is 1. The zero-order valence-corrected chi connectivity index (χ0v) is 12.0. The van der Waals surface area contributed by atoms with Crippen LogP contribution in [0.15, 0.2) is 22.7 Å². The number of hydrogen-bond donors (Lipinski definition) is 2. The number of rotatable bonds is 4. The Kier molecular flexibility index (Phi) is 4.47. The lowest BCUT2D eigenvalue weighted by Gasteiger charge is -2.07. The summed E-state index contributed by atoms with van der Waals surface area (Å²) >= 11 is 0. The van der Waals surface area contributed by atoms with Crippen LogP contribution in [0.5, 0.6) is 0 Å². The van der Waals surface area contributed by atoms with E-state index in [1.54, 1.807) is 0 Å². The van der Waals surface area contributed by atoms with E-state index in [-0.39, 0.29) is 24.2 Å². The molecule has 1 aliphatic rings. The Balaban J connectivity index is 1.53. The van der Waals surface area contributed by atoms with Crippen LogP contribution < -0.4 is 10.6 Å². The van der Waals surface area contributed by atoms with Gasteiger partial charge in [0.1, 0.15) is 17.7 Å². The van der Waals surface area contributed by atoms with E-state index in [1.807, 2.05) is 0 Å². The second-order valence-corrected chi connectivity index (χ2v) is 4.98. The molecule has 0 aliphatic carbocycles. The Morgan fingerprint density at radius 1 is 1.39 bits per heavy atom. The van der Waals surface area contributed by atoms with E-state index < -0.39 is 17.7 Å². The highest BCUT2D eigenvalue weighted by atomic mass is 19.1. The van der Waals surface area contributed by atoms with Crippen molar-refractivity contribution in [3.05, 3.63) is 41.5 Å². The van der Waals surface area contributed by atoms with E-state index in [0.29, 0.717) is 12.5 Å². The maximum absolute atomic E-state index is 13.4. The van der Waals surface area contributed by atoms with Crippen LogP contribution >= 0.6 is 0 Å². The van der Waals surface area contributed by atoms with Gasteiger partial charge in [-0.15, -0.1) is 0 Å². The van der Waals surface area contributed by atoms with Crippen LogP contribution in [0.1, 0.15) is 30.7 Å². The van der Waals surface area contributed by atoms with Crippen LogP contribution in [-0.2, 0) is 11.3 Å². The van der Waals surface area contributed by atoms with Crippen LogP contribution in [0.2, 0.25) is 0 Å². The molecule has 122 valence electrons. The molecule has 1 fully saturated rings. The number of halogens is 2. The van der Waals surface area contributed by atoms with Crippen molar-refractivity contribution in [3.63, 3.8) is 0 Å². The van der Waals surface area contributed by atoms with Gasteiger partial charge in [-0.05, 0) is 25.0 Å². The van der Waals surface area contributed by atoms with E-state index in [1.165, 1.54) is 0 Å². The Morgan fingerprint density at radius 2 is 2.26 bits per heavy atom. The molecule has 2 heterocycles. The van der Waals surface area contributed by atoms with Crippen LogP contribution in [0.4, 0.5) is 19.3 Å². The minimum absolute atomic E-state index is 0.0149. The van der Waals surface area contributed by atoms with Crippen molar-refractivity contribution in [1.82, 2.24) is 15.5 Å². The van der Waals surface area contributed by atoms with Gasteiger partial charge < -0.3 is 19.9 Å². The molecule has 0 radical (unpaired) electrons. The average Bonchev–Trinajstić information content (AvgIpc) is 3.19. The number of hydrogen-bond acceptors (Lipinski definition) is 5. The van der Waals surface area contributed by atoms with Gasteiger partial charge in [-0.25, -0.2) is 13.6 Å². The SMILES string of the molecule is O=C(NCc1noc([C@@H]2CCCO2)n1)Nc1cc(F)ccc1F. The van der Waals surface area contributed by atoms with Gasteiger partial charge in [0.15, 0.2) is 5.82 Å².